The Labute approximate surface area is 152 Å². The number of sulfonamides is 1. The summed E-state index contributed by atoms with van der Waals surface area (Å²) in [4.78, 5) is 24.0. The van der Waals surface area contributed by atoms with E-state index in [2.05, 4.69) is 10.0 Å². The van der Waals surface area contributed by atoms with Gasteiger partial charge < -0.3 is 10.1 Å². The zero-order valence-electron chi connectivity index (χ0n) is 14.4. The maximum atomic E-state index is 12.0. The molecule has 2 aromatic carbocycles. The molecule has 0 fully saturated rings. The van der Waals surface area contributed by atoms with Gasteiger partial charge in [-0.3, -0.25) is 9.52 Å². The van der Waals surface area contributed by atoms with Crippen molar-refractivity contribution >= 4 is 27.6 Å². The Morgan fingerprint density at radius 3 is 2.42 bits per heavy atom. The number of rotatable bonds is 7. The van der Waals surface area contributed by atoms with Gasteiger partial charge >= 0.3 is 5.97 Å². The van der Waals surface area contributed by atoms with E-state index in [9.17, 15) is 18.0 Å². The molecule has 1 atom stereocenters. The van der Waals surface area contributed by atoms with E-state index >= 15 is 0 Å². The molecular formula is C18H20N2O5S. The van der Waals surface area contributed by atoms with Crippen LogP contribution in [0.5, 0.6) is 0 Å². The second kappa shape index (κ2) is 8.48. The average Bonchev–Trinajstić information content (AvgIpc) is 2.59. The first-order valence-electron chi connectivity index (χ1n) is 7.84. The molecule has 0 aromatic heterocycles. The number of carbonyl (C=O) groups is 2. The van der Waals surface area contributed by atoms with Crippen LogP contribution in [0, 0.1) is 0 Å². The molecule has 1 amide bonds. The third-order valence-electron chi connectivity index (χ3n) is 3.41. The van der Waals surface area contributed by atoms with Crippen molar-refractivity contribution in [2.45, 2.75) is 13.0 Å². The summed E-state index contributed by atoms with van der Waals surface area (Å²) in [6.45, 7) is 1.40. The lowest BCUT2D eigenvalue weighted by Gasteiger charge is -2.14. The summed E-state index contributed by atoms with van der Waals surface area (Å²) in [5, 5.41) is 2.74. The van der Waals surface area contributed by atoms with Crippen LogP contribution in [0.2, 0.25) is 0 Å². The second-order valence-electron chi connectivity index (χ2n) is 5.73. The van der Waals surface area contributed by atoms with Crippen LogP contribution >= 0.6 is 0 Å². The van der Waals surface area contributed by atoms with Crippen molar-refractivity contribution in [2.75, 3.05) is 17.6 Å². The molecule has 26 heavy (non-hydrogen) atoms. The third kappa shape index (κ3) is 6.21. The lowest BCUT2D eigenvalue weighted by Crippen LogP contribution is -2.31. The number of amides is 1. The fourth-order valence-electron chi connectivity index (χ4n) is 2.25. The molecule has 0 saturated heterocycles. The first kappa shape index (κ1) is 19.5. The fraction of sp³-hybridized carbons (Fsp3) is 0.222. The van der Waals surface area contributed by atoms with Gasteiger partial charge in [-0.15, -0.1) is 0 Å². The van der Waals surface area contributed by atoms with Gasteiger partial charge in [0.1, 0.15) is 0 Å². The number of benzene rings is 2. The first-order valence-corrected chi connectivity index (χ1v) is 9.73. The molecule has 0 spiro atoms. The highest BCUT2D eigenvalue weighted by atomic mass is 32.2. The lowest BCUT2D eigenvalue weighted by atomic mass is 10.1. The van der Waals surface area contributed by atoms with Crippen LogP contribution in [0.15, 0.2) is 54.6 Å². The van der Waals surface area contributed by atoms with Gasteiger partial charge in [0.2, 0.25) is 10.0 Å². The van der Waals surface area contributed by atoms with Crippen LogP contribution in [-0.2, 0) is 19.6 Å². The Hall–Kier alpha value is -2.87. The Balaban J connectivity index is 1.90. The first-order chi connectivity index (χ1) is 12.2. The second-order valence-corrected chi connectivity index (χ2v) is 7.48. The summed E-state index contributed by atoms with van der Waals surface area (Å²) in [6.07, 6.45) is 1.01. The Morgan fingerprint density at radius 2 is 1.77 bits per heavy atom. The molecule has 2 N–H and O–H groups in total. The van der Waals surface area contributed by atoms with Gasteiger partial charge in [-0.2, -0.15) is 0 Å². The standard InChI is InChI=1S/C18H20N2O5S/c1-13(14-7-4-3-5-8-14)19-17(21)12-25-18(22)15-9-6-10-16(11-15)20-26(2,23)24/h3-11,13,20H,12H2,1-2H3,(H,19,21). The van der Waals surface area contributed by atoms with Crippen LogP contribution in [0.3, 0.4) is 0 Å². The minimum absolute atomic E-state index is 0.141. The van der Waals surface area contributed by atoms with E-state index in [0.29, 0.717) is 0 Å². The van der Waals surface area contributed by atoms with Crippen molar-refractivity contribution in [3.05, 3.63) is 65.7 Å². The van der Waals surface area contributed by atoms with Gasteiger partial charge in [0.15, 0.2) is 6.61 Å². The minimum Gasteiger partial charge on any atom is -0.452 e. The van der Waals surface area contributed by atoms with Crippen molar-refractivity contribution in [1.29, 1.82) is 0 Å². The molecular weight excluding hydrogens is 356 g/mol. The molecule has 2 aromatic rings. The normalized spacial score (nSPS) is 12.1. The molecule has 138 valence electrons. The molecule has 0 bridgehead atoms. The summed E-state index contributed by atoms with van der Waals surface area (Å²) in [5.41, 5.74) is 1.32. The van der Waals surface area contributed by atoms with E-state index in [-0.39, 0.29) is 17.3 Å². The zero-order chi connectivity index (χ0) is 19.2. The van der Waals surface area contributed by atoms with Crippen LogP contribution in [0.4, 0.5) is 5.69 Å². The number of anilines is 1. The summed E-state index contributed by atoms with van der Waals surface area (Å²) in [7, 11) is -3.45. The van der Waals surface area contributed by atoms with Crippen molar-refractivity contribution in [1.82, 2.24) is 5.32 Å². The van der Waals surface area contributed by atoms with Gasteiger partial charge in [0.05, 0.1) is 17.9 Å². The highest BCUT2D eigenvalue weighted by Gasteiger charge is 2.14. The van der Waals surface area contributed by atoms with Crippen molar-refractivity contribution < 1.29 is 22.7 Å². The highest BCUT2D eigenvalue weighted by molar-refractivity contribution is 7.92. The summed E-state index contributed by atoms with van der Waals surface area (Å²) in [6, 6.07) is 15.0. The maximum Gasteiger partial charge on any atom is 0.338 e. The lowest BCUT2D eigenvalue weighted by molar-refractivity contribution is -0.124. The molecule has 0 saturated carbocycles. The molecule has 2 rings (SSSR count). The molecule has 0 radical (unpaired) electrons. The van der Waals surface area contributed by atoms with E-state index in [4.69, 9.17) is 4.74 Å². The topological polar surface area (TPSA) is 102 Å². The van der Waals surface area contributed by atoms with Gasteiger partial charge in [-0.1, -0.05) is 36.4 Å². The highest BCUT2D eigenvalue weighted by Crippen LogP contribution is 2.13. The summed E-state index contributed by atoms with van der Waals surface area (Å²) in [5.74, 6) is -1.15. The zero-order valence-corrected chi connectivity index (χ0v) is 15.2. The molecule has 0 aliphatic rings. The van der Waals surface area contributed by atoms with E-state index in [1.807, 2.05) is 37.3 Å². The Kier molecular flexibility index (Phi) is 6.35. The Morgan fingerprint density at radius 1 is 1.08 bits per heavy atom. The minimum atomic E-state index is -3.45. The van der Waals surface area contributed by atoms with Crippen LogP contribution in [0.1, 0.15) is 28.9 Å². The molecule has 0 heterocycles. The number of esters is 1. The van der Waals surface area contributed by atoms with Crippen LogP contribution < -0.4 is 10.0 Å². The molecule has 8 heteroatoms. The SMILES string of the molecule is CC(NC(=O)COC(=O)c1cccc(NS(C)(=O)=O)c1)c1ccccc1. The average molecular weight is 376 g/mol. The maximum absolute atomic E-state index is 12.0. The van der Waals surface area contributed by atoms with Crippen LogP contribution in [-0.4, -0.2) is 33.2 Å². The summed E-state index contributed by atoms with van der Waals surface area (Å²) < 4.78 is 29.7. The van der Waals surface area contributed by atoms with Gasteiger partial charge in [0.25, 0.3) is 5.91 Å². The number of carbonyl (C=O) groups excluding carboxylic acids is 2. The largest absolute Gasteiger partial charge is 0.452 e. The third-order valence-corrected chi connectivity index (χ3v) is 4.02. The van der Waals surface area contributed by atoms with Gasteiger partial charge in [0, 0.05) is 5.69 Å². The molecule has 1 unspecified atom stereocenters. The van der Waals surface area contributed by atoms with Crippen LogP contribution in [0.25, 0.3) is 0 Å². The smallest absolute Gasteiger partial charge is 0.338 e. The van der Waals surface area contributed by atoms with E-state index in [0.717, 1.165) is 11.8 Å². The van der Waals surface area contributed by atoms with E-state index in [1.165, 1.54) is 24.3 Å². The van der Waals surface area contributed by atoms with Crippen molar-refractivity contribution in [3.8, 4) is 0 Å². The van der Waals surface area contributed by atoms with Gasteiger partial charge in [-0.25, -0.2) is 13.2 Å². The van der Waals surface area contributed by atoms with E-state index in [1.54, 1.807) is 0 Å². The quantitative estimate of drug-likeness (QED) is 0.721. The fourth-order valence-corrected chi connectivity index (χ4v) is 2.80. The predicted molar refractivity (Wildman–Crippen MR) is 98.2 cm³/mol. The number of hydrogen-bond acceptors (Lipinski definition) is 5. The predicted octanol–water partition coefficient (Wildman–Crippen LogP) is 2.09. The van der Waals surface area contributed by atoms with Gasteiger partial charge in [-0.05, 0) is 30.7 Å². The number of hydrogen-bond donors (Lipinski definition) is 2. The molecule has 0 aliphatic heterocycles. The number of ether oxygens (including phenoxy) is 1. The van der Waals surface area contributed by atoms with E-state index < -0.39 is 28.5 Å². The Bertz CT molecular complexity index is 881. The molecule has 0 aliphatic carbocycles. The summed E-state index contributed by atoms with van der Waals surface area (Å²) >= 11 is 0. The molecule has 7 nitrogen and oxygen atoms in total. The van der Waals surface area contributed by atoms with Crippen molar-refractivity contribution in [2.24, 2.45) is 0 Å². The number of nitrogens with one attached hydrogen (secondary N) is 2. The monoisotopic (exact) mass is 376 g/mol. The van der Waals surface area contributed by atoms with Crippen molar-refractivity contribution in [3.63, 3.8) is 0 Å².